The summed E-state index contributed by atoms with van der Waals surface area (Å²) in [5, 5.41) is 12.3. The minimum Gasteiger partial charge on any atom is -0.481 e. The normalized spacial score (nSPS) is 25.2. The number of carboxylic acid groups (broad SMARTS) is 1. The van der Waals surface area contributed by atoms with Crippen LogP contribution in [0.25, 0.3) is 0 Å². The highest BCUT2D eigenvalue weighted by Crippen LogP contribution is 2.27. The van der Waals surface area contributed by atoms with E-state index in [0.29, 0.717) is 19.6 Å². The summed E-state index contributed by atoms with van der Waals surface area (Å²) in [6.07, 6.45) is 3.23. The molecule has 2 aliphatic rings. The van der Waals surface area contributed by atoms with Gasteiger partial charge in [-0.25, -0.2) is 4.79 Å². The third-order valence-electron chi connectivity index (χ3n) is 4.83. The van der Waals surface area contributed by atoms with Gasteiger partial charge in [0, 0.05) is 19.7 Å². The maximum atomic E-state index is 12.7. The van der Waals surface area contributed by atoms with Gasteiger partial charge in [-0.15, -0.1) is 0 Å². The molecule has 2 heterocycles. The van der Waals surface area contributed by atoms with E-state index in [4.69, 9.17) is 4.74 Å². The lowest BCUT2D eigenvalue weighted by atomic mass is 9.98. The number of carboxylic acids is 1. The largest absolute Gasteiger partial charge is 0.481 e. The summed E-state index contributed by atoms with van der Waals surface area (Å²) < 4.78 is 5.79. The van der Waals surface area contributed by atoms with E-state index in [1.54, 1.807) is 4.90 Å². The molecule has 0 aliphatic carbocycles. The Morgan fingerprint density at radius 2 is 2.00 bits per heavy atom. The van der Waals surface area contributed by atoms with E-state index in [2.05, 4.69) is 5.32 Å². The van der Waals surface area contributed by atoms with E-state index in [0.717, 1.165) is 24.8 Å². The van der Waals surface area contributed by atoms with Crippen molar-refractivity contribution >= 4 is 12.0 Å². The third kappa shape index (κ3) is 3.87. The van der Waals surface area contributed by atoms with Crippen LogP contribution in [0.1, 0.15) is 37.3 Å². The molecule has 24 heavy (non-hydrogen) atoms. The second-order valence-corrected chi connectivity index (χ2v) is 6.51. The van der Waals surface area contributed by atoms with Crippen molar-refractivity contribution in [3.8, 4) is 0 Å². The molecule has 6 nitrogen and oxygen atoms in total. The van der Waals surface area contributed by atoms with Crippen LogP contribution >= 0.6 is 0 Å². The number of likely N-dealkylation sites (tertiary alicyclic amines) is 1. The van der Waals surface area contributed by atoms with Crippen molar-refractivity contribution in [2.45, 2.75) is 37.8 Å². The number of hydrogen-bond donors (Lipinski definition) is 2. The number of hydrogen-bond acceptors (Lipinski definition) is 3. The lowest BCUT2D eigenvalue weighted by molar-refractivity contribution is -0.143. The van der Waals surface area contributed by atoms with Crippen molar-refractivity contribution in [1.29, 1.82) is 0 Å². The fraction of sp³-hybridized carbons (Fsp3) is 0.556. The van der Waals surface area contributed by atoms with Crippen LogP contribution in [0.3, 0.4) is 0 Å². The molecule has 3 atom stereocenters. The zero-order valence-electron chi connectivity index (χ0n) is 13.7. The maximum absolute atomic E-state index is 12.7. The van der Waals surface area contributed by atoms with Crippen LogP contribution in [0.5, 0.6) is 0 Å². The smallest absolute Gasteiger partial charge is 0.317 e. The van der Waals surface area contributed by atoms with Gasteiger partial charge in [-0.05, 0) is 31.2 Å². The molecular weight excluding hydrogens is 308 g/mol. The molecule has 1 aromatic carbocycles. The summed E-state index contributed by atoms with van der Waals surface area (Å²) in [7, 11) is 0. The molecule has 3 unspecified atom stereocenters. The molecule has 0 bridgehead atoms. The van der Waals surface area contributed by atoms with Gasteiger partial charge in [0.25, 0.3) is 0 Å². The Labute approximate surface area is 141 Å². The Bertz CT molecular complexity index is 572. The van der Waals surface area contributed by atoms with Gasteiger partial charge in [-0.1, -0.05) is 30.3 Å². The predicted molar refractivity (Wildman–Crippen MR) is 88.6 cm³/mol. The summed E-state index contributed by atoms with van der Waals surface area (Å²) in [5.74, 6) is -1.30. The van der Waals surface area contributed by atoms with Crippen LogP contribution in [-0.4, -0.2) is 47.8 Å². The molecule has 2 amide bonds. The molecule has 6 heteroatoms. The Balaban J connectivity index is 1.70. The number of carbonyl (C=O) groups is 2. The lowest BCUT2D eigenvalue weighted by Crippen LogP contribution is -2.49. The summed E-state index contributed by atoms with van der Waals surface area (Å²) in [6, 6.07) is 9.41. The van der Waals surface area contributed by atoms with E-state index in [1.807, 2.05) is 30.3 Å². The number of nitrogens with one attached hydrogen (secondary N) is 1. The zero-order valence-corrected chi connectivity index (χ0v) is 13.7. The van der Waals surface area contributed by atoms with Crippen molar-refractivity contribution in [2.75, 3.05) is 19.7 Å². The van der Waals surface area contributed by atoms with Gasteiger partial charge < -0.3 is 20.1 Å². The van der Waals surface area contributed by atoms with Crippen LogP contribution in [0.15, 0.2) is 30.3 Å². The number of rotatable bonds is 4. The van der Waals surface area contributed by atoms with Gasteiger partial charge >= 0.3 is 12.0 Å². The van der Waals surface area contributed by atoms with Crippen molar-refractivity contribution in [1.82, 2.24) is 10.2 Å². The number of nitrogens with zero attached hydrogens (tertiary/aromatic N) is 1. The molecule has 1 aromatic rings. The number of ether oxygens (including phenoxy) is 1. The highest BCUT2D eigenvalue weighted by atomic mass is 16.5. The van der Waals surface area contributed by atoms with Gasteiger partial charge in [0.2, 0.25) is 0 Å². The van der Waals surface area contributed by atoms with Gasteiger partial charge in [0.15, 0.2) is 0 Å². The highest BCUT2D eigenvalue weighted by Gasteiger charge is 2.32. The minimum absolute atomic E-state index is 0.0311. The van der Waals surface area contributed by atoms with E-state index >= 15 is 0 Å². The molecule has 2 N–H and O–H groups in total. The number of benzene rings is 1. The fourth-order valence-electron chi connectivity index (χ4n) is 3.50. The third-order valence-corrected chi connectivity index (χ3v) is 4.83. The molecule has 0 aromatic heterocycles. The Kier molecular flexibility index (Phi) is 5.35. The lowest BCUT2D eigenvalue weighted by Gasteiger charge is -2.33. The zero-order chi connectivity index (χ0) is 16.9. The molecule has 130 valence electrons. The van der Waals surface area contributed by atoms with Crippen molar-refractivity contribution < 1.29 is 19.4 Å². The molecule has 0 saturated carbocycles. The SMILES string of the molecule is O=C(O)C1CCCN(C(=O)NC(c2ccccc2)C2CCCO2)C1. The second-order valence-electron chi connectivity index (χ2n) is 6.51. The quantitative estimate of drug-likeness (QED) is 0.887. The number of carbonyl (C=O) groups excluding carboxylic acids is 1. The highest BCUT2D eigenvalue weighted by molar-refractivity contribution is 5.77. The molecule has 2 aliphatic heterocycles. The fourth-order valence-corrected chi connectivity index (χ4v) is 3.50. The molecule has 0 radical (unpaired) electrons. The average Bonchev–Trinajstić information content (AvgIpc) is 3.14. The minimum atomic E-state index is -0.828. The predicted octanol–water partition coefficient (Wildman–Crippen LogP) is 2.41. The van der Waals surface area contributed by atoms with Crippen LogP contribution in [-0.2, 0) is 9.53 Å². The van der Waals surface area contributed by atoms with Gasteiger partial charge in [-0.2, -0.15) is 0 Å². The first-order chi connectivity index (χ1) is 11.6. The first-order valence-corrected chi connectivity index (χ1v) is 8.60. The van der Waals surface area contributed by atoms with Crippen molar-refractivity contribution in [3.05, 3.63) is 35.9 Å². The number of aliphatic carboxylic acids is 1. The molecular formula is C18H24N2O4. The summed E-state index contributed by atoms with van der Waals surface area (Å²) in [6.45, 7) is 1.59. The number of piperidine rings is 1. The first kappa shape index (κ1) is 16.8. The van der Waals surface area contributed by atoms with Crippen LogP contribution in [0, 0.1) is 5.92 Å². The Morgan fingerprint density at radius 3 is 2.67 bits per heavy atom. The van der Waals surface area contributed by atoms with E-state index in [1.165, 1.54) is 0 Å². The average molecular weight is 332 g/mol. The number of amides is 2. The topological polar surface area (TPSA) is 78.9 Å². The van der Waals surface area contributed by atoms with Gasteiger partial charge in [0.05, 0.1) is 18.1 Å². The van der Waals surface area contributed by atoms with Gasteiger partial charge in [0.1, 0.15) is 0 Å². The standard InChI is InChI=1S/C18H24N2O4/c21-17(22)14-8-4-10-20(12-14)18(23)19-16(15-9-5-11-24-15)13-6-2-1-3-7-13/h1-3,6-7,14-16H,4-5,8-12H2,(H,19,23)(H,21,22). The Hall–Kier alpha value is -2.08. The van der Waals surface area contributed by atoms with E-state index in [9.17, 15) is 14.7 Å². The molecule has 0 spiro atoms. The molecule has 3 rings (SSSR count). The van der Waals surface area contributed by atoms with Gasteiger partial charge in [-0.3, -0.25) is 4.79 Å². The summed E-state index contributed by atoms with van der Waals surface area (Å²) in [4.78, 5) is 25.5. The summed E-state index contributed by atoms with van der Waals surface area (Å²) >= 11 is 0. The van der Waals surface area contributed by atoms with Crippen LogP contribution in [0.4, 0.5) is 4.79 Å². The summed E-state index contributed by atoms with van der Waals surface area (Å²) in [5.41, 5.74) is 1.02. The molecule has 2 fully saturated rings. The monoisotopic (exact) mass is 332 g/mol. The maximum Gasteiger partial charge on any atom is 0.317 e. The van der Waals surface area contributed by atoms with Crippen molar-refractivity contribution in [2.24, 2.45) is 5.92 Å². The van der Waals surface area contributed by atoms with Crippen molar-refractivity contribution in [3.63, 3.8) is 0 Å². The Morgan fingerprint density at radius 1 is 1.21 bits per heavy atom. The van der Waals surface area contributed by atoms with E-state index in [-0.39, 0.29) is 24.7 Å². The first-order valence-electron chi connectivity index (χ1n) is 8.60. The number of urea groups is 1. The van der Waals surface area contributed by atoms with Crippen LogP contribution < -0.4 is 5.32 Å². The van der Waals surface area contributed by atoms with E-state index < -0.39 is 11.9 Å². The molecule has 2 saturated heterocycles. The van der Waals surface area contributed by atoms with Crippen LogP contribution in [0.2, 0.25) is 0 Å². The second kappa shape index (κ2) is 7.66.